The predicted octanol–water partition coefficient (Wildman–Crippen LogP) is 1.37. The minimum atomic E-state index is -1.18. The van der Waals surface area contributed by atoms with Gasteiger partial charge in [0.05, 0.1) is 7.11 Å². The molecule has 1 atom stereocenters. The Balaban J connectivity index is 4.36. The molecule has 0 heterocycles. The highest BCUT2D eigenvalue weighted by atomic mass is 16.5. The second-order valence-electron chi connectivity index (χ2n) is 5.98. The average Bonchev–Trinajstić information content (AvgIpc) is 2.40. The molecule has 122 valence electrons. The molecule has 3 N–H and O–H groups in total. The van der Waals surface area contributed by atoms with Crippen LogP contribution in [0.3, 0.4) is 0 Å². The fraction of sp³-hybridized carbons (Fsp3) is 0.786. The summed E-state index contributed by atoms with van der Waals surface area (Å²) >= 11 is 0. The number of carbonyl (C=O) groups is 3. The Morgan fingerprint density at radius 2 is 1.81 bits per heavy atom. The number of carboxylic acid groups (broad SMARTS) is 1. The summed E-state index contributed by atoms with van der Waals surface area (Å²) in [6.45, 7) is 8.57. The smallest absolute Gasteiger partial charge is 0.326 e. The van der Waals surface area contributed by atoms with Gasteiger partial charge in [-0.15, -0.1) is 0 Å². The molecular formula is C14H26N2O5. The summed E-state index contributed by atoms with van der Waals surface area (Å²) in [5.41, 5.74) is -0.0952. The molecular weight excluding hydrogens is 276 g/mol. The molecule has 0 saturated carbocycles. The number of aliphatic carboxylic acids is 1. The van der Waals surface area contributed by atoms with Crippen molar-refractivity contribution in [2.75, 3.05) is 13.7 Å². The van der Waals surface area contributed by atoms with Crippen LogP contribution in [-0.2, 0) is 14.3 Å². The van der Waals surface area contributed by atoms with E-state index in [1.165, 1.54) is 7.11 Å². The second-order valence-corrected chi connectivity index (χ2v) is 5.98. The number of ether oxygens (including phenoxy) is 1. The first-order valence-electron chi connectivity index (χ1n) is 6.94. The SMILES string of the molecule is COC(=O)CC[C@H](NC(=O)NCC(C)(C)C(C)C)C(=O)O. The molecule has 0 aliphatic carbocycles. The number of carbonyl (C=O) groups excluding carboxylic acids is 2. The number of methoxy groups -OCH3 is 1. The third kappa shape index (κ3) is 7.53. The van der Waals surface area contributed by atoms with Crippen LogP contribution in [0.4, 0.5) is 4.79 Å². The van der Waals surface area contributed by atoms with E-state index in [4.69, 9.17) is 5.11 Å². The molecule has 0 spiro atoms. The summed E-state index contributed by atoms with van der Waals surface area (Å²) in [7, 11) is 1.23. The molecule has 0 radical (unpaired) electrons. The van der Waals surface area contributed by atoms with Crippen molar-refractivity contribution in [3.05, 3.63) is 0 Å². The lowest BCUT2D eigenvalue weighted by atomic mass is 9.81. The topological polar surface area (TPSA) is 105 Å². The minimum absolute atomic E-state index is 0.0109. The van der Waals surface area contributed by atoms with Crippen molar-refractivity contribution >= 4 is 18.0 Å². The van der Waals surface area contributed by atoms with Gasteiger partial charge in [0.1, 0.15) is 6.04 Å². The van der Waals surface area contributed by atoms with E-state index in [0.29, 0.717) is 12.5 Å². The van der Waals surface area contributed by atoms with Gasteiger partial charge >= 0.3 is 18.0 Å². The first kappa shape index (κ1) is 19.2. The lowest BCUT2D eigenvalue weighted by Crippen LogP contribution is -2.48. The molecule has 0 aromatic rings. The molecule has 7 nitrogen and oxygen atoms in total. The van der Waals surface area contributed by atoms with Crippen LogP contribution in [0, 0.1) is 11.3 Å². The standard InChI is InChI=1S/C14H26N2O5/c1-9(2)14(3,4)8-15-13(20)16-10(12(18)19)6-7-11(17)21-5/h9-10H,6-8H2,1-5H3,(H,18,19)(H2,15,16,20)/t10-/m0/s1. The molecule has 0 rings (SSSR count). The van der Waals surface area contributed by atoms with Crippen LogP contribution >= 0.6 is 0 Å². The van der Waals surface area contributed by atoms with Crippen LogP contribution in [0.25, 0.3) is 0 Å². The van der Waals surface area contributed by atoms with E-state index < -0.39 is 24.0 Å². The highest BCUT2D eigenvalue weighted by molar-refractivity contribution is 5.83. The molecule has 0 aromatic carbocycles. The highest BCUT2D eigenvalue weighted by Gasteiger charge is 2.25. The molecule has 0 aliphatic heterocycles. The Hall–Kier alpha value is -1.79. The van der Waals surface area contributed by atoms with Crippen LogP contribution < -0.4 is 10.6 Å². The van der Waals surface area contributed by atoms with Gasteiger partial charge in [0, 0.05) is 13.0 Å². The summed E-state index contributed by atoms with van der Waals surface area (Å²) in [5, 5.41) is 14.0. The van der Waals surface area contributed by atoms with Crippen molar-refractivity contribution in [2.45, 2.75) is 46.6 Å². The van der Waals surface area contributed by atoms with Gasteiger partial charge in [-0.05, 0) is 17.8 Å². The van der Waals surface area contributed by atoms with Gasteiger partial charge in [0.2, 0.25) is 0 Å². The van der Waals surface area contributed by atoms with Gasteiger partial charge in [0.25, 0.3) is 0 Å². The van der Waals surface area contributed by atoms with Crippen molar-refractivity contribution < 1.29 is 24.2 Å². The number of rotatable bonds is 8. The first-order valence-corrected chi connectivity index (χ1v) is 6.94. The van der Waals surface area contributed by atoms with Crippen LogP contribution in [0.1, 0.15) is 40.5 Å². The molecule has 21 heavy (non-hydrogen) atoms. The number of amides is 2. The normalized spacial score (nSPS) is 12.7. The number of carboxylic acids is 1. The number of nitrogens with one attached hydrogen (secondary N) is 2. The monoisotopic (exact) mass is 302 g/mol. The van der Waals surface area contributed by atoms with E-state index in [-0.39, 0.29) is 18.3 Å². The molecule has 2 amide bonds. The maximum Gasteiger partial charge on any atom is 0.326 e. The fourth-order valence-electron chi connectivity index (χ4n) is 1.34. The average molecular weight is 302 g/mol. The van der Waals surface area contributed by atoms with Gasteiger partial charge in [-0.3, -0.25) is 4.79 Å². The van der Waals surface area contributed by atoms with E-state index in [1.807, 2.05) is 13.8 Å². The van der Waals surface area contributed by atoms with Gasteiger partial charge in [-0.25, -0.2) is 9.59 Å². The molecule has 7 heteroatoms. The predicted molar refractivity (Wildman–Crippen MR) is 77.8 cm³/mol. The minimum Gasteiger partial charge on any atom is -0.480 e. The van der Waals surface area contributed by atoms with E-state index >= 15 is 0 Å². The summed E-state index contributed by atoms with van der Waals surface area (Å²) < 4.78 is 4.44. The van der Waals surface area contributed by atoms with Crippen LogP contribution in [0.15, 0.2) is 0 Å². The van der Waals surface area contributed by atoms with Crippen LogP contribution in [0.5, 0.6) is 0 Å². The van der Waals surface area contributed by atoms with E-state index in [9.17, 15) is 14.4 Å². The Kier molecular flexibility index (Phi) is 7.76. The van der Waals surface area contributed by atoms with Crippen molar-refractivity contribution in [3.63, 3.8) is 0 Å². The van der Waals surface area contributed by atoms with Crippen molar-refractivity contribution in [1.29, 1.82) is 0 Å². The third-order valence-electron chi connectivity index (χ3n) is 3.74. The van der Waals surface area contributed by atoms with E-state index in [0.717, 1.165) is 0 Å². The number of hydrogen-bond donors (Lipinski definition) is 3. The van der Waals surface area contributed by atoms with Crippen molar-refractivity contribution in [3.8, 4) is 0 Å². The lowest BCUT2D eigenvalue weighted by Gasteiger charge is -2.29. The van der Waals surface area contributed by atoms with E-state index in [1.54, 1.807) is 0 Å². The quantitative estimate of drug-likeness (QED) is 0.587. The zero-order valence-corrected chi connectivity index (χ0v) is 13.4. The summed E-state index contributed by atoms with van der Waals surface area (Å²) in [4.78, 5) is 33.8. The largest absolute Gasteiger partial charge is 0.480 e. The molecule has 0 fully saturated rings. The summed E-state index contributed by atoms with van der Waals surface area (Å²) in [6, 6.07) is -1.67. The van der Waals surface area contributed by atoms with Crippen molar-refractivity contribution in [2.24, 2.45) is 11.3 Å². The number of hydrogen-bond acceptors (Lipinski definition) is 4. The number of urea groups is 1. The Labute approximate surface area is 125 Å². The Bertz CT molecular complexity index is 380. The first-order chi connectivity index (χ1) is 9.60. The lowest BCUT2D eigenvalue weighted by molar-refractivity contribution is -0.142. The Morgan fingerprint density at radius 1 is 1.24 bits per heavy atom. The summed E-state index contributed by atoms with van der Waals surface area (Å²) in [6.07, 6.45) is -0.0752. The summed E-state index contributed by atoms with van der Waals surface area (Å²) in [5.74, 6) is -1.33. The molecule has 0 aliphatic rings. The maximum atomic E-state index is 11.7. The van der Waals surface area contributed by atoms with Crippen LogP contribution in [0.2, 0.25) is 0 Å². The van der Waals surface area contributed by atoms with Gasteiger partial charge in [0.15, 0.2) is 0 Å². The second kappa shape index (κ2) is 8.49. The van der Waals surface area contributed by atoms with Gasteiger partial charge in [-0.2, -0.15) is 0 Å². The number of esters is 1. The highest BCUT2D eigenvalue weighted by Crippen LogP contribution is 2.24. The molecule has 0 unspecified atom stereocenters. The molecule has 0 bridgehead atoms. The van der Waals surface area contributed by atoms with Gasteiger partial charge in [-0.1, -0.05) is 27.7 Å². The Morgan fingerprint density at radius 3 is 2.24 bits per heavy atom. The zero-order chi connectivity index (χ0) is 16.6. The van der Waals surface area contributed by atoms with E-state index in [2.05, 4.69) is 29.2 Å². The molecule has 0 aromatic heterocycles. The third-order valence-corrected chi connectivity index (χ3v) is 3.74. The van der Waals surface area contributed by atoms with Gasteiger partial charge < -0.3 is 20.5 Å². The zero-order valence-electron chi connectivity index (χ0n) is 13.4. The maximum absolute atomic E-state index is 11.7. The van der Waals surface area contributed by atoms with Crippen molar-refractivity contribution in [1.82, 2.24) is 10.6 Å². The van der Waals surface area contributed by atoms with Crippen LogP contribution in [-0.4, -0.2) is 42.8 Å². The fourth-order valence-corrected chi connectivity index (χ4v) is 1.34. The molecule has 0 saturated heterocycles.